The summed E-state index contributed by atoms with van der Waals surface area (Å²) in [6.45, 7) is 4.64. The first-order chi connectivity index (χ1) is 13.8. The van der Waals surface area contributed by atoms with E-state index in [0.29, 0.717) is 5.92 Å². The fraction of sp³-hybridized carbons (Fsp3) is 0.423. The summed E-state index contributed by atoms with van der Waals surface area (Å²) >= 11 is 0. The Hall–Kier alpha value is -2.35. The highest BCUT2D eigenvalue weighted by atomic mass is 15.3. The third-order valence-electron chi connectivity index (χ3n) is 6.31. The standard InChI is InChI=1S/C26H32N2/c1-3-8-20-14-16-22(17-15-20)26-23-12-7-9-19(2)13-18-24(23)25(27-28-26)21-10-5-4-6-11-21/h4-6,10-11,14-17,19,23,27H,3,7-9,12-13,18H2,1-2H3. The molecule has 2 nitrogen and oxygen atoms in total. The minimum atomic E-state index is 0.431. The maximum absolute atomic E-state index is 4.92. The van der Waals surface area contributed by atoms with Crippen molar-refractivity contribution in [1.82, 2.24) is 5.43 Å². The van der Waals surface area contributed by atoms with Gasteiger partial charge in [0.1, 0.15) is 0 Å². The van der Waals surface area contributed by atoms with Crippen LogP contribution in [0.2, 0.25) is 0 Å². The van der Waals surface area contributed by atoms with E-state index in [1.165, 1.54) is 60.2 Å². The highest BCUT2D eigenvalue weighted by Gasteiger charge is 2.30. The predicted octanol–water partition coefficient (Wildman–Crippen LogP) is 6.57. The molecule has 2 heteroatoms. The fourth-order valence-electron chi connectivity index (χ4n) is 4.68. The molecular weight excluding hydrogens is 340 g/mol. The van der Waals surface area contributed by atoms with Gasteiger partial charge in [-0.3, -0.25) is 5.43 Å². The van der Waals surface area contributed by atoms with Gasteiger partial charge < -0.3 is 0 Å². The number of rotatable bonds is 4. The van der Waals surface area contributed by atoms with Crippen LogP contribution in [0, 0.1) is 11.8 Å². The molecule has 2 unspecified atom stereocenters. The molecule has 2 aromatic rings. The summed E-state index contributed by atoms with van der Waals surface area (Å²) in [5.74, 6) is 1.24. The van der Waals surface area contributed by atoms with Gasteiger partial charge in [0, 0.05) is 5.92 Å². The molecule has 0 radical (unpaired) electrons. The van der Waals surface area contributed by atoms with E-state index in [4.69, 9.17) is 5.10 Å². The van der Waals surface area contributed by atoms with Gasteiger partial charge in [-0.25, -0.2) is 0 Å². The van der Waals surface area contributed by atoms with Gasteiger partial charge in [0.05, 0.1) is 11.4 Å². The highest BCUT2D eigenvalue weighted by Crippen LogP contribution is 2.38. The van der Waals surface area contributed by atoms with E-state index in [9.17, 15) is 0 Å². The van der Waals surface area contributed by atoms with Gasteiger partial charge in [-0.15, -0.1) is 0 Å². The summed E-state index contributed by atoms with van der Waals surface area (Å²) in [5.41, 5.74) is 11.4. The normalized spacial score (nSPS) is 22.6. The first-order valence-electron chi connectivity index (χ1n) is 11.0. The van der Waals surface area contributed by atoms with Gasteiger partial charge in [-0.2, -0.15) is 5.10 Å². The summed E-state index contributed by atoms with van der Waals surface area (Å²) in [6.07, 6.45) is 8.59. The number of hydrazone groups is 1. The van der Waals surface area contributed by atoms with Gasteiger partial charge in [-0.1, -0.05) is 87.7 Å². The van der Waals surface area contributed by atoms with E-state index >= 15 is 0 Å². The van der Waals surface area contributed by atoms with Crippen molar-refractivity contribution in [2.24, 2.45) is 16.9 Å². The average Bonchev–Trinajstić information content (AvgIpc) is 2.72. The number of hydrogen-bond donors (Lipinski definition) is 1. The second-order valence-corrected chi connectivity index (χ2v) is 8.45. The second kappa shape index (κ2) is 8.77. The van der Waals surface area contributed by atoms with E-state index in [1.54, 1.807) is 5.57 Å². The summed E-state index contributed by atoms with van der Waals surface area (Å²) < 4.78 is 0. The first kappa shape index (κ1) is 19.0. The third kappa shape index (κ3) is 4.06. The topological polar surface area (TPSA) is 24.4 Å². The highest BCUT2D eigenvalue weighted by molar-refractivity contribution is 6.06. The maximum atomic E-state index is 4.92. The van der Waals surface area contributed by atoms with Crippen molar-refractivity contribution < 1.29 is 0 Å². The zero-order valence-corrected chi connectivity index (χ0v) is 17.2. The zero-order valence-electron chi connectivity index (χ0n) is 17.2. The zero-order chi connectivity index (χ0) is 19.3. The summed E-state index contributed by atoms with van der Waals surface area (Å²) in [7, 11) is 0. The maximum Gasteiger partial charge on any atom is 0.0751 e. The van der Waals surface area contributed by atoms with Gasteiger partial charge in [0.15, 0.2) is 0 Å². The SMILES string of the molecule is CCCc1ccc(C2=NNC(c3ccccc3)=C3CCC(C)CCCC23)cc1. The number of hydrogen-bond acceptors (Lipinski definition) is 2. The molecule has 1 aliphatic carbocycles. The third-order valence-corrected chi connectivity index (χ3v) is 6.31. The van der Waals surface area contributed by atoms with Crippen LogP contribution in [0.15, 0.2) is 65.3 Å². The summed E-state index contributed by atoms with van der Waals surface area (Å²) in [5, 5.41) is 4.92. The Morgan fingerprint density at radius 2 is 1.71 bits per heavy atom. The van der Waals surface area contributed by atoms with Crippen LogP contribution in [0.4, 0.5) is 0 Å². The van der Waals surface area contributed by atoms with Crippen LogP contribution >= 0.6 is 0 Å². The van der Waals surface area contributed by atoms with Crippen molar-refractivity contribution in [3.63, 3.8) is 0 Å². The molecule has 0 saturated heterocycles. The van der Waals surface area contributed by atoms with Crippen molar-refractivity contribution >= 4 is 11.4 Å². The largest absolute Gasteiger partial charge is 0.278 e. The Balaban J connectivity index is 1.70. The van der Waals surface area contributed by atoms with Crippen LogP contribution in [0.3, 0.4) is 0 Å². The van der Waals surface area contributed by atoms with Gasteiger partial charge >= 0.3 is 0 Å². The molecule has 1 heterocycles. The van der Waals surface area contributed by atoms with E-state index in [-0.39, 0.29) is 0 Å². The van der Waals surface area contributed by atoms with Crippen molar-refractivity contribution in [3.05, 3.63) is 76.9 Å². The Bertz CT molecular complexity index is 846. The molecule has 2 atom stereocenters. The number of nitrogens with one attached hydrogen (secondary N) is 1. The number of aryl methyl sites for hydroxylation is 1. The van der Waals surface area contributed by atoms with Gasteiger partial charge in [0.2, 0.25) is 0 Å². The Morgan fingerprint density at radius 1 is 0.929 bits per heavy atom. The molecule has 146 valence electrons. The van der Waals surface area contributed by atoms with E-state index in [0.717, 1.165) is 18.8 Å². The van der Waals surface area contributed by atoms with Crippen molar-refractivity contribution in [3.8, 4) is 0 Å². The predicted molar refractivity (Wildman–Crippen MR) is 119 cm³/mol. The van der Waals surface area contributed by atoms with Crippen LogP contribution in [-0.4, -0.2) is 5.71 Å². The lowest BCUT2D eigenvalue weighted by atomic mass is 9.77. The molecular formula is C26H32N2. The van der Waals surface area contributed by atoms with Crippen LogP contribution < -0.4 is 5.43 Å². The van der Waals surface area contributed by atoms with Crippen LogP contribution in [-0.2, 0) is 6.42 Å². The van der Waals surface area contributed by atoms with Gasteiger partial charge in [0.25, 0.3) is 0 Å². The molecule has 0 bridgehead atoms. The summed E-state index contributed by atoms with van der Waals surface area (Å²) in [6, 6.07) is 19.8. The lowest BCUT2D eigenvalue weighted by Crippen LogP contribution is -2.30. The molecule has 4 rings (SSSR count). The van der Waals surface area contributed by atoms with Crippen molar-refractivity contribution in [2.75, 3.05) is 0 Å². The van der Waals surface area contributed by atoms with E-state index in [1.807, 2.05) is 0 Å². The fourth-order valence-corrected chi connectivity index (χ4v) is 4.68. The Morgan fingerprint density at radius 3 is 2.46 bits per heavy atom. The monoisotopic (exact) mass is 372 g/mol. The van der Waals surface area contributed by atoms with Gasteiger partial charge in [-0.05, 0) is 53.9 Å². The molecule has 1 aliphatic heterocycles. The molecule has 1 saturated carbocycles. The molecule has 28 heavy (non-hydrogen) atoms. The minimum Gasteiger partial charge on any atom is -0.278 e. The molecule has 0 amide bonds. The minimum absolute atomic E-state index is 0.431. The van der Waals surface area contributed by atoms with Crippen molar-refractivity contribution in [1.29, 1.82) is 0 Å². The van der Waals surface area contributed by atoms with Crippen molar-refractivity contribution in [2.45, 2.75) is 58.8 Å². The molecule has 2 aliphatic rings. The smallest absolute Gasteiger partial charge is 0.0751 e. The lowest BCUT2D eigenvalue weighted by molar-refractivity contribution is 0.420. The Kier molecular flexibility index (Phi) is 5.95. The summed E-state index contributed by atoms with van der Waals surface area (Å²) in [4.78, 5) is 0. The number of fused-ring (bicyclic) bond motifs is 1. The average molecular weight is 373 g/mol. The van der Waals surface area contributed by atoms with Crippen LogP contribution in [0.5, 0.6) is 0 Å². The molecule has 0 spiro atoms. The first-order valence-corrected chi connectivity index (χ1v) is 11.0. The molecule has 2 aromatic carbocycles. The van der Waals surface area contributed by atoms with Crippen LogP contribution in [0.25, 0.3) is 5.70 Å². The quantitative estimate of drug-likeness (QED) is 0.644. The molecule has 1 N–H and O–H groups in total. The Labute approximate surface area is 169 Å². The number of benzene rings is 2. The second-order valence-electron chi connectivity index (χ2n) is 8.45. The van der Waals surface area contributed by atoms with E-state index in [2.05, 4.69) is 73.9 Å². The van der Waals surface area contributed by atoms with Crippen LogP contribution in [0.1, 0.15) is 69.1 Å². The molecule has 1 fully saturated rings. The number of nitrogens with zero attached hydrogens (tertiary/aromatic N) is 1. The lowest BCUT2D eigenvalue weighted by Gasteiger charge is -2.32. The van der Waals surface area contributed by atoms with E-state index < -0.39 is 0 Å². The number of allylic oxidation sites excluding steroid dienone is 1. The molecule has 0 aromatic heterocycles.